The first kappa shape index (κ1) is 15.6. The van der Waals surface area contributed by atoms with Crippen LogP contribution in [0.4, 0.5) is 0 Å². The van der Waals surface area contributed by atoms with Crippen LogP contribution in [-0.2, 0) is 4.74 Å². The molecule has 0 spiro atoms. The molecule has 0 aromatic heterocycles. The monoisotopic (exact) mass is 339 g/mol. The van der Waals surface area contributed by atoms with Crippen molar-refractivity contribution in [1.82, 2.24) is 4.90 Å². The molecule has 1 saturated heterocycles. The van der Waals surface area contributed by atoms with Gasteiger partial charge in [0, 0.05) is 29.2 Å². The molecule has 1 unspecified atom stereocenters. The molecule has 4 rings (SSSR count). The molecule has 0 amide bonds. The zero-order chi connectivity index (χ0) is 16.5. The molecule has 1 aliphatic heterocycles. The molecule has 0 N–H and O–H groups in total. The third-order valence-electron chi connectivity index (χ3n) is 4.66. The van der Waals surface area contributed by atoms with Gasteiger partial charge in [0.2, 0.25) is 0 Å². The molecular weight excluding hydrogens is 322 g/mol. The topological polar surface area (TPSA) is 29.5 Å². The Balaban J connectivity index is 1.78. The number of fused-ring (bicyclic) bond motifs is 1. The molecule has 0 bridgehead atoms. The van der Waals surface area contributed by atoms with E-state index >= 15 is 0 Å². The van der Waals surface area contributed by atoms with Crippen LogP contribution in [0.5, 0.6) is 0 Å². The van der Waals surface area contributed by atoms with Gasteiger partial charge in [-0.05, 0) is 29.3 Å². The van der Waals surface area contributed by atoms with Gasteiger partial charge in [-0.1, -0.05) is 48.0 Å². The van der Waals surface area contributed by atoms with Gasteiger partial charge < -0.3 is 4.74 Å². The predicted octanol–water partition coefficient (Wildman–Crippen LogP) is 3.99. The number of rotatable bonds is 2. The van der Waals surface area contributed by atoms with Gasteiger partial charge in [-0.25, -0.2) is 0 Å². The van der Waals surface area contributed by atoms with E-state index in [1.807, 2.05) is 48.5 Å². The van der Waals surface area contributed by atoms with E-state index in [0.717, 1.165) is 35.4 Å². The number of Topliss-reactive ketones (excluding diaryl/α,β-unsaturated/α-hetero) is 1. The number of ketones is 1. The van der Waals surface area contributed by atoms with Crippen molar-refractivity contribution in [1.29, 1.82) is 0 Å². The van der Waals surface area contributed by atoms with E-state index in [9.17, 15) is 4.79 Å². The summed E-state index contributed by atoms with van der Waals surface area (Å²) in [6, 6.07) is 15.5. The number of hydrogen-bond acceptors (Lipinski definition) is 3. The van der Waals surface area contributed by atoms with Gasteiger partial charge in [0.05, 0.1) is 19.3 Å². The van der Waals surface area contributed by atoms with Crippen molar-refractivity contribution in [2.75, 3.05) is 26.3 Å². The molecule has 4 heteroatoms. The fourth-order valence-corrected chi connectivity index (χ4v) is 3.63. The summed E-state index contributed by atoms with van der Waals surface area (Å²) in [5.74, 6) is 0.122. The molecule has 1 heterocycles. The van der Waals surface area contributed by atoms with Crippen molar-refractivity contribution in [3.8, 4) is 0 Å². The predicted molar refractivity (Wildman–Crippen MR) is 95.3 cm³/mol. The maximum Gasteiger partial charge on any atom is 0.191 e. The Hall–Kier alpha value is -1.94. The minimum absolute atomic E-state index is 0.00766. The minimum atomic E-state index is 0.00766. The Bertz CT molecular complexity index is 792. The maximum absolute atomic E-state index is 13.0. The Labute approximate surface area is 146 Å². The fraction of sp³-hybridized carbons (Fsp3) is 0.250. The molecule has 2 aromatic rings. The van der Waals surface area contributed by atoms with Crippen LogP contribution < -0.4 is 0 Å². The number of hydrogen-bond donors (Lipinski definition) is 0. The first-order valence-electron chi connectivity index (χ1n) is 8.16. The highest BCUT2D eigenvalue weighted by molar-refractivity contribution is 6.30. The Kier molecular flexibility index (Phi) is 4.23. The highest BCUT2D eigenvalue weighted by atomic mass is 35.5. The highest BCUT2D eigenvalue weighted by Crippen LogP contribution is 2.41. The van der Waals surface area contributed by atoms with Crippen molar-refractivity contribution in [2.45, 2.75) is 6.04 Å². The molecule has 3 nitrogen and oxygen atoms in total. The lowest BCUT2D eigenvalue weighted by atomic mass is 10.0. The standard InChI is InChI=1S/C20H18ClNO2/c21-15-7-5-14(6-8-15)13-18-19(22-9-11-24-12-10-22)16-3-1-2-4-17(16)20(18)23/h1-8,13,19H,9-12H2/b18-13+. The summed E-state index contributed by atoms with van der Waals surface area (Å²) in [7, 11) is 0. The average Bonchev–Trinajstić information content (AvgIpc) is 2.90. The molecule has 2 aliphatic rings. The molecule has 0 saturated carbocycles. The van der Waals surface area contributed by atoms with Crippen LogP contribution in [0.2, 0.25) is 5.02 Å². The number of carbonyl (C=O) groups excluding carboxylic acids is 1. The van der Waals surface area contributed by atoms with E-state index < -0.39 is 0 Å². The van der Waals surface area contributed by atoms with Gasteiger partial charge in [0.25, 0.3) is 0 Å². The summed E-state index contributed by atoms with van der Waals surface area (Å²) in [6.45, 7) is 3.09. The normalized spacial score (nSPS) is 22.8. The summed E-state index contributed by atoms with van der Waals surface area (Å²) in [5, 5.41) is 0.697. The van der Waals surface area contributed by atoms with E-state index in [0.29, 0.717) is 18.2 Å². The van der Waals surface area contributed by atoms with Gasteiger partial charge in [0.15, 0.2) is 5.78 Å². The van der Waals surface area contributed by atoms with E-state index in [4.69, 9.17) is 16.3 Å². The van der Waals surface area contributed by atoms with Gasteiger partial charge in [-0.15, -0.1) is 0 Å². The summed E-state index contributed by atoms with van der Waals surface area (Å²) in [4.78, 5) is 15.3. The summed E-state index contributed by atoms with van der Waals surface area (Å²) < 4.78 is 5.48. The number of halogens is 1. The van der Waals surface area contributed by atoms with Crippen LogP contribution in [0.15, 0.2) is 54.1 Å². The van der Waals surface area contributed by atoms with Crippen LogP contribution in [0, 0.1) is 0 Å². The van der Waals surface area contributed by atoms with Gasteiger partial charge in [-0.2, -0.15) is 0 Å². The first-order chi connectivity index (χ1) is 11.7. The summed E-state index contributed by atoms with van der Waals surface area (Å²) in [5.41, 5.74) is 3.74. The van der Waals surface area contributed by atoms with Crippen molar-refractivity contribution < 1.29 is 9.53 Å². The van der Waals surface area contributed by atoms with Crippen molar-refractivity contribution in [3.63, 3.8) is 0 Å². The second-order valence-corrected chi connectivity index (χ2v) is 6.55. The quantitative estimate of drug-likeness (QED) is 0.775. The molecule has 2 aromatic carbocycles. The number of morpholine rings is 1. The highest BCUT2D eigenvalue weighted by Gasteiger charge is 2.38. The lowest BCUT2D eigenvalue weighted by Crippen LogP contribution is -2.39. The summed E-state index contributed by atoms with van der Waals surface area (Å²) >= 11 is 5.97. The Morgan fingerprint density at radius 3 is 2.50 bits per heavy atom. The second-order valence-electron chi connectivity index (χ2n) is 6.12. The third kappa shape index (κ3) is 2.80. The van der Waals surface area contributed by atoms with Crippen LogP contribution in [-0.4, -0.2) is 37.0 Å². The van der Waals surface area contributed by atoms with Crippen molar-refractivity contribution in [3.05, 3.63) is 75.8 Å². The number of carbonyl (C=O) groups is 1. The maximum atomic E-state index is 13.0. The van der Waals surface area contributed by atoms with Crippen LogP contribution in [0.3, 0.4) is 0 Å². The van der Waals surface area contributed by atoms with Crippen LogP contribution >= 0.6 is 11.6 Å². The molecule has 1 aliphatic carbocycles. The zero-order valence-electron chi connectivity index (χ0n) is 13.2. The molecule has 122 valence electrons. The number of ether oxygens (including phenoxy) is 1. The molecule has 0 radical (unpaired) electrons. The van der Waals surface area contributed by atoms with E-state index in [1.54, 1.807) is 0 Å². The van der Waals surface area contributed by atoms with E-state index in [-0.39, 0.29) is 11.8 Å². The van der Waals surface area contributed by atoms with Gasteiger partial charge in [-0.3, -0.25) is 9.69 Å². The third-order valence-corrected chi connectivity index (χ3v) is 4.91. The molecule has 1 atom stereocenters. The SMILES string of the molecule is O=C1/C(=C/c2ccc(Cl)cc2)C(N2CCOCC2)c2ccccc21. The van der Waals surface area contributed by atoms with E-state index in [2.05, 4.69) is 11.0 Å². The molecule has 24 heavy (non-hydrogen) atoms. The number of benzene rings is 2. The summed E-state index contributed by atoms with van der Waals surface area (Å²) in [6.07, 6.45) is 2.00. The Morgan fingerprint density at radius 2 is 1.75 bits per heavy atom. The van der Waals surface area contributed by atoms with Crippen LogP contribution in [0.1, 0.15) is 27.5 Å². The van der Waals surface area contributed by atoms with Gasteiger partial charge >= 0.3 is 0 Å². The fourth-order valence-electron chi connectivity index (χ4n) is 3.50. The largest absolute Gasteiger partial charge is 0.379 e. The molecule has 1 fully saturated rings. The van der Waals surface area contributed by atoms with Gasteiger partial charge in [0.1, 0.15) is 0 Å². The number of nitrogens with zero attached hydrogens (tertiary/aromatic N) is 1. The van der Waals surface area contributed by atoms with Crippen molar-refractivity contribution >= 4 is 23.5 Å². The second kappa shape index (κ2) is 6.52. The van der Waals surface area contributed by atoms with Crippen LogP contribution in [0.25, 0.3) is 6.08 Å². The average molecular weight is 340 g/mol. The van der Waals surface area contributed by atoms with Crippen molar-refractivity contribution in [2.24, 2.45) is 0 Å². The minimum Gasteiger partial charge on any atom is -0.379 e. The smallest absolute Gasteiger partial charge is 0.191 e. The lowest BCUT2D eigenvalue weighted by molar-refractivity contribution is 0.0242. The lowest BCUT2D eigenvalue weighted by Gasteiger charge is -2.33. The zero-order valence-corrected chi connectivity index (χ0v) is 14.0. The molecular formula is C20H18ClNO2. The first-order valence-corrected chi connectivity index (χ1v) is 8.54. The Morgan fingerprint density at radius 1 is 1.04 bits per heavy atom. The van der Waals surface area contributed by atoms with E-state index in [1.165, 1.54) is 0 Å².